The smallest absolute Gasteiger partial charge is 0.328 e. The van der Waals surface area contributed by atoms with Crippen molar-refractivity contribution in [3.05, 3.63) is 118 Å². The standard InChI is InChI=1S/C40H40N4O9S/c1-23-15-29(37(47)41-19-33(45)43-25(3)39(49)51-21-27-11-7-5-8-12-27)35-31(17-23)54-32-18-24(2)16-30(36(32)53-35)38(48)42-20-34(46)44-26(4)40(50)52-22-28-13-9-6-10-14-28/h5-18,25-26H,19-22H2,1-4H3,(H,41,47)(H,42,48)(H,43,45)(H,44,46). The number of rotatable bonds is 14. The van der Waals surface area contributed by atoms with E-state index in [1.807, 2.05) is 86.6 Å². The first-order valence-electron chi connectivity index (χ1n) is 17.1. The van der Waals surface area contributed by atoms with Gasteiger partial charge >= 0.3 is 11.9 Å². The third kappa shape index (κ3) is 10.5. The van der Waals surface area contributed by atoms with Gasteiger partial charge in [0.15, 0.2) is 11.5 Å². The number of carbonyl (C=O) groups is 6. The maximum Gasteiger partial charge on any atom is 0.328 e. The monoisotopic (exact) mass is 752 g/mol. The van der Waals surface area contributed by atoms with E-state index in [0.717, 1.165) is 22.3 Å². The molecule has 0 saturated heterocycles. The van der Waals surface area contributed by atoms with E-state index in [9.17, 15) is 28.8 Å². The molecule has 0 aromatic heterocycles. The average Bonchev–Trinajstić information content (AvgIpc) is 3.16. The van der Waals surface area contributed by atoms with Gasteiger partial charge in [-0.05, 0) is 74.2 Å². The molecule has 1 heterocycles. The highest BCUT2D eigenvalue weighted by Gasteiger charge is 2.29. The molecule has 0 radical (unpaired) electrons. The molecular weight excluding hydrogens is 713 g/mol. The van der Waals surface area contributed by atoms with Crippen LogP contribution in [0.1, 0.15) is 56.8 Å². The van der Waals surface area contributed by atoms with Gasteiger partial charge < -0.3 is 35.5 Å². The lowest BCUT2D eigenvalue weighted by Gasteiger charge is -2.25. The average molecular weight is 753 g/mol. The summed E-state index contributed by atoms with van der Waals surface area (Å²) in [4.78, 5) is 78.2. The Bertz CT molecular complexity index is 1910. The second kappa shape index (κ2) is 18.1. The van der Waals surface area contributed by atoms with Crippen LogP contribution in [0.3, 0.4) is 0 Å². The number of nitrogens with one attached hydrogen (secondary N) is 4. The SMILES string of the molecule is Cc1cc2c(c(C(=O)NCC(=O)NC(C)C(=O)OCc3ccccc3)c1)Oc1c(cc(C)cc1C(=O)NCC(=O)NC(C)C(=O)OCc1ccccc1)S2. The molecule has 4 aromatic carbocycles. The van der Waals surface area contributed by atoms with E-state index in [4.69, 9.17) is 14.2 Å². The van der Waals surface area contributed by atoms with E-state index in [0.29, 0.717) is 9.79 Å². The second-order valence-electron chi connectivity index (χ2n) is 12.6. The fraction of sp³-hybridized carbons (Fsp3) is 0.250. The Morgan fingerprint density at radius 2 is 1.00 bits per heavy atom. The molecule has 4 amide bonds. The van der Waals surface area contributed by atoms with Gasteiger partial charge in [0, 0.05) is 0 Å². The van der Waals surface area contributed by atoms with Crippen molar-refractivity contribution in [3.8, 4) is 11.5 Å². The number of amides is 4. The second-order valence-corrected chi connectivity index (χ2v) is 13.7. The van der Waals surface area contributed by atoms with Crippen LogP contribution >= 0.6 is 11.8 Å². The van der Waals surface area contributed by atoms with Crippen molar-refractivity contribution in [1.82, 2.24) is 21.3 Å². The summed E-state index contributed by atoms with van der Waals surface area (Å²) in [6, 6.07) is 23.2. The zero-order valence-electron chi connectivity index (χ0n) is 30.1. The lowest BCUT2D eigenvalue weighted by Crippen LogP contribution is -2.44. The fourth-order valence-electron chi connectivity index (χ4n) is 5.32. The van der Waals surface area contributed by atoms with Crippen LogP contribution in [0, 0.1) is 13.8 Å². The minimum atomic E-state index is -0.954. The number of carbonyl (C=O) groups excluding carboxylic acids is 6. The Morgan fingerprint density at radius 3 is 1.39 bits per heavy atom. The van der Waals surface area contributed by atoms with Crippen LogP contribution in [-0.4, -0.2) is 60.7 Å². The van der Waals surface area contributed by atoms with Gasteiger partial charge in [0.2, 0.25) is 11.8 Å². The zero-order chi connectivity index (χ0) is 38.8. The lowest BCUT2D eigenvalue weighted by atomic mass is 10.1. The van der Waals surface area contributed by atoms with Crippen LogP contribution in [-0.2, 0) is 41.9 Å². The number of esters is 2. The molecule has 2 unspecified atom stereocenters. The normalized spacial score (nSPS) is 12.4. The molecule has 4 N–H and O–H groups in total. The van der Waals surface area contributed by atoms with E-state index >= 15 is 0 Å². The molecule has 0 saturated carbocycles. The van der Waals surface area contributed by atoms with E-state index in [-0.39, 0.29) is 35.8 Å². The van der Waals surface area contributed by atoms with E-state index < -0.39 is 60.7 Å². The molecule has 0 aliphatic carbocycles. The molecule has 4 aromatic rings. The topological polar surface area (TPSA) is 178 Å². The van der Waals surface area contributed by atoms with Gasteiger partial charge in [0.1, 0.15) is 25.3 Å². The zero-order valence-corrected chi connectivity index (χ0v) is 31.0. The van der Waals surface area contributed by atoms with Gasteiger partial charge in [0.25, 0.3) is 11.8 Å². The van der Waals surface area contributed by atoms with Crippen LogP contribution < -0.4 is 26.0 Å². The highest BCUT2D eigenvalue weighted by atomic mass is 32.2. The van der Waals surface area contributed by atoms with E-state index in [1.54, 1.807) is 12.1 Å². The maximum absolute atomic E-state index is 13.4. The van der Waals surface area contributed by atoms with Crippen LogP contribution in [0.2, 0.25) is 0 Å². The van der Waals surface area contributed by atoms with E-state index in [2.05, 4.69) is 21.3 Å². The first-order valence-corrected chi connectivity index (χ1v) is 17.9. The largest absolute Gasteiger partial charge is 0.459 e. The van der Waals surface area contributed by atoms with E-state index in [1.165, 1.54) is 25.6 Å². The predicted molar refractivity (Wildman–Crippen MR) is 199 cm³/mol. The number of benzene rings is 4. The first-order chi connectivity index (χ1) is 25.9. The maximum atomic E-state index is 13.4. The van der Waals surface area contributed by atoms with Crippen molar-refractivity contribution < 1.29 is 43.0 Å². The third-order valence-electron chi connectivity index (χ3n) is 8.04. The highest BCUT2D eigenvalue weighted by molar-refractivity contribution is 7.99. The molecule has 0 spiro atoms. The molecule has 1 aliphatic heterocycles. The van der Waals surface area contributed by atoms with Crippen LogP contribution in [0.15, 0.2) is 94.7 Å². The quantitative estimate of drug-likeness (QED) is 0.118. The summed E-state index contributed by atoms with van der Waals surface area (Å²) in [6.45, 7) is 5.85. The molecular formula is C40H40N4O9S. The van der Waals surface area contributed by atoms with Crippen molar-refractivity contribution in [2.45, 2.75) is 62.8 Å². The molecule has 280 valence electrons. The van der Waals surface area contributed by atoms with Gasteiger partial charge in [-0.2, -0.15) is 0 Å². The number of ether oxygens (including phenoxy) is 3. The Kier molecular flexibility index (Phi) is 13.1. The van der Waals surface area contributed by atoms with Gasteiger partial charge in [-0.15, -0.1) is 0 Å². The molecule has 1 aliphatic rings. The predicted octanol–water partition coefficient (Wildman–Crippen LogP) is 4.52. The van der Waals surface area contributed by atoms with Crippen LogP contribution in [0.25, 0.3) is 0 Å². The summed E-state index contributed by atoms with van der Waals surface area (Å²) in [6.07, 6.45) is 0. The molecule has 0 fully saturated rings. The number of fused-ring (bicyclic) bond motifs is 2. The number of hydrogen-bond acceptors (Lipinski definition) is 10. The Labute approximate surface area is 316 Å². The molecule has 14 heteroatoms. The Balaban J connectivity index is 1.18. The Hall–Kier alpha value is -6.15. The summed E-state index contributed by atoms with van der Waals surface area (Å²) < 4.78 is 16.8. The summed E-state index contributed by atoms with van der Waals surface area (Å²) >= 11 is 1.31. The summed E-state index contributed by atoms with van der Waals surface area (Å²) in [5.41, 5.74) is 3.38. The minimum Gasteiger partial charge on any atom is -0.459 e. The summed E-state index contributed by atoms with van der Waals surface area (Å²) in [7, 11) is 0. The van der Waals surface area contributed by atoms with Gasteiger partial charge in [-0.25, -0.2) is 9.59 Å². The molecule has 2 atom stereocenters. The lowest BCUT2D eigenvalue weighted by molar-refractivity contribution is -0.149. The first kappa shape index (κ1) is 39.1. The van der Waals surface area contributed by atoms with Crippen LogP contribution in [0.5, 0.6) is 11.5 Å². The summed E-state index contributed by atoms with van der Waals surface area (Å²) in [5.74, 6) is -3.31. The van der Waals surface area contributed by atoms with Crippen molar-refractivity contribution >= 4 is 47.3 Å². The van der Waals surface area contributed by atoms with Crippen molar-refractivity contribution in [1.29, 1.82) is 0 Å². The molecule has 54 heavy (non-hydrogen) atoms. The summed E-state index contributed by atoms with van der Waals surface area (Å²) in [5, 5.41) is 10.2. The molecule has 13 nitrogen and oxygen atoms in total. The Morgan fingerprint density at radius 1 is 0.611 bits per heavy atom. The number of hydrogen-bond donors (Lipinski definition) is 4. The van der Waals surface area contributed by atoms with Gasteiger partial charge in [-0.3, -0.25) is 19.2 Å². The fourth-order valence-corrected chi connectivity index (χ4v) is 6.54. The van der Waals surface area contributed by atoms with Crippen LogP contribution in [0.4, 0.5) is 0 Å². The van der Waals surface area contributed by atoms with Crippen molar-refractivity contribution in [3.63, 3.8) is 0 Å². The molecule has 5 rings (SSSR count). The minimum absolute atomic E-state index is 0.0572. The van der Waals surface area contributed by atoms with Crippen molar-refractivity contribution in [2.24, 2.45) is 0 Å². The highest BCUT2D eigenvalue weighted by Crippen LogP contribution is 2.50. The van der Waals surface area contributed by atoms with Crippen molar-refractivity contribution in [2.75, 3.05) is 13.1 Å². The third-order valence-corrected chi connectivity index (χ3v) is 9.09. The molecule has 0 bridgehead atoms. The van der Waals surface area contributed by atoms with Gasteiger partial charge in [-0.1, -0.05) is 72.4 Å². The number of aryl methyl sites for hydroxylation is 2. The van der Waals surface area contributed by atoms with Gasteiger partial charge in [0.05, 0.1) is 34.0 Å².